The van der Waals surface area contributed by atoms with E-state index in [0.717, 1.165) is 18.0 Å². The molecule has 1 aromatic carbocycles. The number of unbranched alkanes of at least 4 members (excludes halogenated alkanes) is 3. The van der Waals surface area contributed by atoms with Gasteiger partial charge in [-0.15, -0.1) is 0 Å². The van der Waals surface area contributed by atoms with Gasteiger partial charge in [0, 0.05) is 6.04 Å². The molecule has 1 saturated carbocycles. The predicted octanol–water partition coefficient (Wildman–Crippen LogP) is 3.99. The number of rotatable bonds is 8. The Balaban J connectivity index is 1.52. The fraction of sp³-hybridized carbons (Fsp3) is 0.625. The van der Waals surface area contributed by atoms with Crippen LogP contribution in [-0.2, 0) is 6.42 Å². The fourth-order valence-corrected chi connectivity index (χ4v) is 2.26. The van der Waals surface area contributed by atoms with Gasteiger partial charge in [-0.2, -0.15) is 0 Å². The summed E-state index contributed by atoms with van der Waals surface area (Å²) < 4.78 is 13.1. The Kier molecular flexibility index (Phi) is 5.18. The number of hydrogen-bond donors (Lipinski definition) is 1. The van der Waals surface area contributed by atoms with Crippen molar-refractivity contribution in [3.63, 3.8) is 0 Å². The van der Waals surface area contributed by atoms with Crippen molar-refractivity contribution >= 4 is 0 Å². The molecule has 0 saturated heterocycles. The quantitative estimate of drug-likeness (QED) is 0.687. The van der Waals surface area contributed by atoms with Crippen molar-refractivity contribution in [2.45, 2.75) is 57.9 Å². The van der Waals surface area contributed by atoms with Crippen LogP contribution in [0.5, 0.6) is 0 Å². The molecule has 0 unspecified atom stereocenters. The highest BCUT2D eigenvalue weighted by Crippen LogP contribution is 2.18. The number of halogens is 1. The van der Waals surface area contributed by atoms with Gasteiger partial charge in [-0.05, 0) is 62.8 Å². The Morgan fingerprint density at radius 2 is 1.94 bits per heavy atom. The molecule has 0 aromatic heterocycles. The van der Waals surface area contributed by atoms with E-state index >= 15 is 0 Å². The summed E-state index contributed by atoms with van der Waals surface area (Å²) in [6, 6.07) is 6.32. The molecular weight excluding hydrogens is 225 g/mol. The van der Waals surface area contributed by atoms with Gasteiger partial charge in [-0.3, -0.25) is 0 Å². The average molecular weight is 249 g/mol. The van der Waals surface area contributed by atoms with Crippen molar-refractivity contribution in [2.24, 2.45) is 0 Å². The van der Waals surface area contributed by atoms with Gasteiger partial charge in [-0.25, -0.2) is 4.39 Å². The van der Waals surface area contributed by atoms with Gasteiger partial charge < -0.3 is 5.32 Å². The lowest BCUT2D eigenvalue weighted by Crippen LogP contribution is -2.17. The minimum absolute atomic E-state index is 0.0927. The second-order valence-corrected chi connectivity index (χ2v) is 5.48. The molecule has 18 heavy (non-hydrogen) atoms. The van der Waals surface area contributed by atoms with Crippen molar-refractivity contribution in [3.05, 3.63) is 35.1 Å². The molecule has 100 valence electrons. The van der Waals surface area contributed by atoms with E-state index in [1.165, 1.54) is 50.6 Å². The van der Waals surface area contributed by atoms with Crippen molar-refractivity contribution in [1.29, 1.82) is 0 Å². The molecule has 0 bridgehead atoms. The Morgan fingerprint density at radius 1 is 1.17 bits per heavy atom. The summed E-state index contributed by atoms with van der Waals surface area (Å²) in [7, 11) is 0. The molecule has 1 N–H and O–H groups in total. The van der Waals surface area contributed by atoms with E-state index in [-0.39, 0.29) is 5.82 Å². The lowest BCUT2D eigenvalue weighted by atomic mass is 10.0. The number of benzene rings is 1. The molecule has 0 aliphatic heterocycles. The van der Waals surface area contributed by atoms with Crippen molar-refractivity contribution < 1.29 is 4.39 Å². The topological polar surface area (TPSA) is 12.0 Å². The SMILES string of the molecule is Cc1cc(CCCCCCNC2CC2)ccc1F. The van der Waals surface area contributed by atoms with Crippen LogP contribution in [0.15, 0.2) is 18.2 Å². The maximum atomic E-state index is 13.1. The van der Waals surface area contributed by atoms with Crippen molar-refractivity contribution in [1.82, 2.24) is 5.32 Å². The second-order valence-electron chi connectivity index (χ2n) is 5.48. The largest absolute Gasteiger partial charge is 0.314 e. The van der Waals surface area contributed by atoms with Crippen LogP contribution in [0, 0.1) is 12.7 Å². The third kappa shape index (κ3) is 4.77. The van der Waals surface area contributed by atoms with Crippen molar-refractivity contribution in [2.75, 3.05) is 6.54 Å². The van der Waals surface area contributed by atoms with Crippen LogP contribution >= 0.6 is 0 Å². The molecule has 1 nitrogen and oxygen atoms in total. The van der Waals surface area contributed by atoms with Gasteiger partial charge in [-0.1, -0.05) is 25.0 Å². The van der Waals surface area contributed by atoms with Gasteiger partial charge in [0.1, 0.15) is 5.82 Å². The number of hydrogen-bond acceptors (Lipinski definition) is 1. The Morgan fingerprint density at radius 3 is 2.67 bits per heavy atom. The maximum absolute atomic E-state index is 13.1. The van der Waals surface area contributed by atoms with E-state index in [2.05, 4.69) is 5.32 Å². The first kappa shape index (κ1) is 13.5. The zero-order valence-electron chi connectivity index (χ0n) is 11.3. The van der Waals surface area contributed by atoms with Crippen LogP contribution in [0.1, 0.15) is 49.7 Å². The third-order valence-electron chi connectivity index (χ3n) is 3.62. The maximum Gasteiger partial charge on any atom is 0.126 e. The van der Waals surface area contributed by atoms with E-state index in [1.54, 1.807) is 6.07 Å². The van der Waals surface area contributed by atoms with Gasteiger partial charge in [0.15, 0.2) is 0 Å². The highest BCUT2D eigenvalue weighted by atomic mass is 19.1. The first-order chi connectivity index (χ1) is 8.75. The lowest BCUT2D eigenvalue weighted by molar-refractivity contribution is 0.584. The molecular formula is C16H24FN. The third-order valence-corrected chi connectivity index (χ3v) is 3.62. The fourth-order valence-electron chi connectivity index (χ4n) is 2.26. The van der Waals surface area contributed by atoms with E-state index in [0.29, 0.717) is 0 Å². The molecule has 2 rings (SSSR count). The van der Waals surface area contributed by atoms with Crippen LogP contribution in [0.4, 0.5) is 4.39 Å². The van der Waals surface area contributed by atoms with Gasteiger partial charge in [0.2, 0.25) is 0 Å². The Hall–Kier alpha value is -0.890. The van der Waals surface area contributed by atoms with Crippen LogP contribution in [-0.4, -0.2) is 12.6 Å². The molecule has 0 radical (unpaired) electrons. The molecule has 1 aromatic rings. The Bertz CT molecular complexity index is 371. The molecule has 0 amide bonds. The van der Waals surface area contributed by atoms with Gasteiger partial charge in [0.05, 0.1) is 0 Å². The summed E-state index contributed by atoms with van der Waals surface area (Å²) in [5.74, 6) is -0.0927. The summed E-state index contributed by atoms with van der Waals surface area (Å²) in [6.45, 7) is 3.02. The van der Waals surface area contributed by atoms with E-state index in [4.69, 9.17) is 0 Å². The van der Waals surface area contributed by atoms with Crippen LogP contribution in [0.2, 0.25) is 0 Å². The lowest BCUT2D eigenvalue weighted by Gasteiger charge is -2.05. The molecule has 1 aliphatic rings. The molecule has 1 aliphatic carbocycles. The highest BCUT2D eigenvalue weighted by Gasteiger charge is 2.19. The van der Waals surface area contributed by atoms with Crippen LogP contribution < -0.4 is 5.32 Å². The standard InChI is InChI=1S/C16H24FN/c1-13-12-14(7-10-16(13)17)6-4-2-3-5-11-18-15-8-9-15/h7,10,12,15,18H,2-6,8-9,11H2,1H3. The minimum atomic E-state index is -0.0927. The normalized spacial score (nSPS) is 15.0. The monoisotopic (exact) mass is 249 g/mol. The first-order valence-electron chi connectivity index (χ1n) is 7.24. The van der Waals surface area contributed by atoms with Crippen LogP contribution in [0.3, 0.4) is 0 Å². The first-order valence-corrected chi connectivity index (χ1v) is 7.24. The van der Waals surface area contributed by atoms with Gasteiger partial charge in [0.25, 0.3) is 0 Å². The zero-order valence-corrected chi connectivity index (χ0v) is 11.3. The van der Waals surface area contributed by atoms with E-state index in [9.17, 15) is 4.39 Å². The highest BCUT2D eigenvalue weighted by molar-refractivity contribution is 5.23. The zero-order chi connectivity index (χ0) is 12.8. The summed E-state index contributed by atoms with van der Waals surface area (Å²) in [5, 5.41) is 3.54. The molecule has 2 heteroatoms. The van der Waals surface area contributed by atoms with Crippen molar-refractivity contribution in [3.8, 4) is 0 Å². The predicted molar refractivity (Wildman–Crippen MR) is 74.3 cm³/mol. The second kappa shape index (κ2) is 6.89. The molecule has 0 atom stereocenters. The molecule has 0 heterocycles. The van der Waals surface area contributed by atoms with Crippen LogP contribution in [0.25, 0.3) is 0 Å². The number of nitrogens with one attached hydrogen (secondary N) is 1. The molecule has 1 fully saturated rings. The van der Waals surface area contributed by atoms with E-state index in [1.807, 2.05) is 19.1 Å². The minimum Gasteiger partial charge on any atom is -0.314 e. The Labute approximate surface area is 110 Å². The smallest absolute Gasteiger partial charge is 0.126 e. The van der Waals surface area contributed by atoms with E-state index < -0.39 is 0 Å². The summed E-state index contributed by atoms with van der Waals surface area (Å²) in [6.07, 6.45) is 8.93. The molecule has 0 spiro atoms. The summed E-state index contributed by atoms with van der Waals surface area (Å²) in [4.78, 5) is 0. The average Bonchev–Trinajstić information content (AvgIpc) is 3.16. The summed E-state index contributed by atoms with van der Waals surface area (Å²) >= 11 is 0. The number of aryl methyl sites for hydroxylation is 2. The summed E-state index contributed by atoms with van der Waals surface area (Å²) in [5.41, 5.74) is 2.03. The van der Waals surface area contributed by atoms with Gasteiger partial charge >= 0.3 is 0 Å².